The number of amides is 3. The number of hydrogen-bond donors (Lipinski definition) is 1. The van der Waals surface area contributed by atoms with Gasteiger partial charge in [0.25, 0.3) is 17.7 Å². The molecule has 1 N–H and O–H groups in total. The zero-order valence-corrected chi connectivity index (χ0v) is 18.9. The first-order valence-corrected chi connectivity index (χ1v) is 10.9. The summed E-state index contributed by atoms with van der Waals surface area (Å²) >= 11 is 0. The van der Waals surface area contributed by atoms with E-state index in [2.05, 4.69) is 15.5 Å². The summed E-state index contributed by atoms with van der Waals surface area (Å²) in [4.78, 5) is 50.7. The van der Waals surface area contributed by atoms with E-state index >= 15 is 0 Å². The van der Waals surface area contributed by atoms with E-state index < -0.39 is 17.8 Å². The predicted octanol–water partition coefficient (Wildman–Crippen LogP) is 3.85. The van der Waals surface area contributed by atoms with Crippen LogP contribution < -0.4 is 10.2 Å². The number of carbonyl (C=O) groups is 4. The molecule has 3 aromatic carbocycles. The van der Waals surface area contributed by atoms with Crippen molar-refractivity contribution >= 4 is 35.1 Å². The standard InChI is InChI=1S/C26H18N4O6/c1-15(31)27-18-8-10-19(11-9-18)30-24(32)20-12-7-17(13-21(20)25(30)33)26(34)35-14-22-28-29-23(36-22)16-5-3-2-4-6-16/h2-13H,14H2,1H3,(H,27,31). The van der Waals surface area contributed by atoms with Crippen LogP contribution >= 0.6 is 0 Å². The number of hydrogen-bond acceptors (Lipinski definition) is 8. The number of nitrogens with one attached hydrogen (secondary N) is 1. The second-order valence-electron chi connectivity index (χ2n) is 7.88. The molecule has 1 aromatic heterocycles. The molecular weight excluding hydrogens is 464 g/mol. The van der Waals surface area contributed by atoms with Crippen molar-refractivity contribution in [2.75, 3.05) is 10.2 Å². The molecule has 0 unspecified atom stereocenters. The van der Waals surface area contributed by atoms with Crippen LogP contribution in [0.15, 0.2) is 77.2 Å². The molecule has 10 heteroatoms. The van der Waals surface area contributed by atoms with E-state index in [1.807, 2.05) is 30.3 Å². The van der Waals surface area contributed by atoms with E-state index in [4.69, 9.17) is 9.15 Å². The molecule has 178 valence electrons. The SMILES string of the molecule is CC(=O)Nc1ccc(N2C(=O)c3ccc(C(=O)OCc4nnc(-c5ccccc5)o4)cc3C2=O)cc1. The van der Waals surface area contributed by atoms with Gasteiger partial charge in [0.1, 0.15) is 0 Å². The van der Waals surface area contributed by atoms with Gasteiger partial charge in [0, 0.05) is 18.2 Å². The smallest absolute Gasteiger partial charge is 0.338 e. The van der Waals surface area contributed by atoms with Crippen LogP contribution in [0.2, 0.25) is 0 Å². The fraction of sp³-hybridized carbons (Fsp3) is 0.0769. The second kappa shape index (κ2) is 9.26. The minimum absolute atomic E-state index is 0.0875. The molecule has 0 bridgehead atoms. The fourth-order valence-corrected chi connectivity index (χ4v) is 3.72. The first-order chi connectivity index (χ1) is 17.4. The van der Waals surface area contributed by atoms with Gasteiger partial charge >= 0.3 is 5.97 Å². The Labute approximate surface area is 204 Å². The number of ether oxygens (including phenoxy) is 1. The molecule has 0 saturated heterocycles. The lowest BCUT2D eigenvalue weighted by Crippen LogP contribution is -2.29. The van der Waals surface area contributed by atoms with Gasteiger partial charge in [-0.2, -0.15) is 0 Å². The quantitative estimate of drug-likeness (QED) is 0.324. The number of carbonyl (C=O) groups excluding carboxylic acids is 4. The first-order valence-electron chi connectivity index (χ1n) is 10.9. The molecule has 1 aliphatic rings. The molecule has 5 rings (SSSR count). The Morgan fingerprint density at radius 2 is 1.64 bits per heavy atom. The fourth-order valence-electron chi connectivity index (χ4n) is 3.72. The van der Waals surface area contributed by atoms with Crippen molar-refractivity contribution in [1.29, 1.82) is 0 Å². The van der Waals surface area contributed by atoms with Gasteiger partial charge in [0.15, 0.2) is 6.61 Å². The summed E-state index contributed by atoms with van der Waals surface area (Å²) < 4.78 is 10.8. The Hall–Kier alpha value is -5.12. The highest BCUT2D eigenvalue weighted by Gasteiger charge is 2.37. The van der Waals surface area contributed by atoms with Crippen molar-refractivity contribution in [3.8, 4) is 11.5 Å². The van der Waals surface area contributed by atoms with E-state index in [0.29, 0.717) is 17.3 Å². The molecule has 10 nitrogen and oxygen atoms in total. The van der Waals surface area contributed by atoms with E-state index in [1.54, 1.807) is 24.3 Å². The van der Waals surface area contributed by atoms with Gasteiger partial charge in [0.05, 0.1) is 22.4 Å². The molecule has 36 heavy (non-hydrogen) atoms. The molecule has 4 aromatic rings. The molecular formula is C26H18N4O6. The van der Waals surface area contributed by atoms with E-state index in [0.717, 1.165) is 10.5 Å². The van der Waals surface area contributed by atoms with Crippen molar-refractivity contribution in [1.82, 2.24) is 10.2 Å². The summed E-state index contributed by atoms with van der Waals surface area (Å²) in [5.41, 5.74) is 1.96. The summed E-state index contributed by atoms with van der Waals surface area (Å²) in [5.74, 6) is -1.62. The lowest BCUT2D eigenvalue weighted by molar-refractivity contribution is -0.114. The maximum Gasteiger partial charge on any atom is 0.338 e. The Bertz CT molecular complexity index is 1490. The number of esters is 1. The van der Waals surface area contributed by atoms with Gasteiger partial charge in [-0.05, 0) is 54.6 Å². The summed E-state index contributed by atoms with van der Waals surface area (Å²) in [7, 11) is 0. The molecule has 0 spiro atoms. The third-order valence-corrected chi connectivity index (χ3v) is 5.38. The Balaban J connectivity index is 1.29. The number of anilines is 2. The average Bonchev–Trinajstić information content (AvgIpc) is 3.46. The highest BCUT2D eigenvalue weighted by Crippen LogP contribution is 2.30. The predicted molar refractivity (Wildman–Crippen MR) is 127 cm³/mol. The Kier molecular flexibility index (Phi) is 5.83. The zero-order chi connectivity index (χ0) is 25.2. The highest BCUT2D eigenvalue weighted by atomic mass is 16.5. The van der Waals surface area contributed by atoms with Crippen LogP contribution in [0.25, 0.3) is 11.5 Å². The van der Waals surface area contributed by atoms with E-state index in [1.165, 1.54) is 25.1 Å². The van der Waals surface area contributed by atoms with Gasteiger partial charge in [-0.25, -0.2) is 9.69 Å². The van der Waals surface area contributed by atoms with Crippen LogP contribution in [0.1, 0.15) is 43.9 Å². The minimum atomic E-state index is -0.712. The van der Waals surface area contributed by atoms with Crippen LogP contribution in [0.3, 0.4) is 0 Å². The number of aromatic nitrogens is 2. The lowest BCUT2D eigenvalue weighted by atomic mass is 10.1. The molecule has 0 atom stereocenters. The maximum atomic E-state index is 13.0. The van der Waals surface area contributed by atoms with Crippen molar-refractivity contribution in [2.45, 2.75) is 13.5 Å². The number of benzene rings is 3. The second-order valence-corrected chi connectivity index (χ2v) is 7.88. The van der Waals surface area contributed by atoms with E-state index in [9.17, 15) is 19.2 Å². The molecule has 3 amide bonds. The Morgan fingerprint density at radius 3 is 2.36 bits per heavy atom. The van der Waals surface area contributed by atoms with Gasteiger partial charge in [0.2, 0.25) is 11.8 Å². The number of nitrogens with zero attached hydrogens (tertiary/aromatic N) is 3. The van der Waals surface area contributed by atoms with Crippen LogP contribution in [0.4, 0.5) is 11.4 Å². The lowest BCUT2D eigenvalue weighted by Gasteiger charge is -2.14. The van der Waals surface area contributed by atoms with Gasteiger partial charge < -0.3 is 14.5 Å². The van der Waals surface area contributed by atoms with Gasteiger partial charge in [-0.15, -0.1) is 10.2 Å². The number of rotatable bonds is 6. The summed E-state index contributed by atoms with van der Waals surface area (Å²) in [6.07, 6.45) is 0. The number of imide groups is 1. The van der Waals surface area contributed by atoms with Crippen LogP contribution in [0.5, 0.6) is 0 Å². The van der Waals surface area contributed by atoms with Crippen molar-refractivity contribution in [3.05, 3.63) is 95.4 Å². The topological polar surface area (TPSA) is 132 Å². The molecule has 0 fully saturated rings. The third kappa shape index (κ3) is 4.34. The molecule has 0 radical (unpaired) electrons. The first kappa shape index (κ1) is 22.7. The van der Waals surface area contributed by atoms with Gasteiger partial charge in [-0.3, -0.25) is 14.4 Å². The van der Waals surface area contributed by atoms with E-state index in [-0.39, 0.29) is 35.1 Å². The normalized spacial score (nSPS) is 12.4. The van der Waals surface area contributed by atoms with Crippen LogP contribution in [0, 0.1) is 0 Å². The number of fused-ring (bicyclic) bond motifs is 1. The zero-order valence-electron chi connectivity index (χ0n) is 18.9. The molecule has 0 aliphatic carbocycles. The Morgan fingerprint density at radius 1 is 0.917 bits per heavy atom. The van der Waals surface area contributed by atoms with Crippen LogP contribution in [-0.2, 0) is 16.1 Å². The van der Waals surface area contributed by atoms with Crippen LogP contribution in [-0.4, -0.2) is 33.9 Å². The summed E-state index contributed by atoms with van der Waals surface area (Å²) in [6, 6.07) is 19.6. The molecule has 2 heterocycles. The maximum absolute atomic E-state index is 13.0. The molecule has 1 aliphatic heterocycles. The highest BCUT2D eigenvalue weighted by molar-refractivity contribution is 6.34. The van der Waals surface area contributed by atoms with Crippen molar-refractivity contribution in [2.24, 2.45) is 0 Å². The third-order valence-electron chi connectivity index (χ3n) is 5.38. The van der Waals surface area contributed by atoms with Crippen molar-refractivity contribution in [3.63, 3.8) is 0 Å². The van der Waals surface area contributed by atoms with Gasteiger partial charge in [-0.1, -0.05) is 18.2 Å². The van der Waals surface area contributed by atoms with Crippen molar-refractivity contribution < 1.29 is 28.3 Å². The average molecular weight is 482 g/mol. The minimum Gasteiger partial charge on any atom is -0.452 e. The molecule has 0 saturated carbocycles. The summed E-state index contributed by atoms with van der Waals surface area (Å²) in [6.45, 7) is 1.13. The monoisotopic (exact) mass is 482 g/mol. The largest absolute Gasteiger partial charge is 0.452 e. The summed E-state index contributed by atoms with van der Waals surface area (Å²) in [5, 5.41) is 10.4.